The Kier molecular flexibility index (Phi) is 3.79. The van der Waals surface area contributed by atoms with Gasteiger partial charge in [0.25, 0.3) is 0 Å². The molecule has 5 nitrogen and oxygen atoms in total. The third-order valence-corrected chi connectivity index (χ3v) is 10.6. The van der Waals surface area contributed by atoms with E-state index in [0.29, 0.717) is 6.04 Å². The molecule has 4 aliphatic carbocycles. The summed E-state index contributed by atoms with van der Waals surface area (Å²) >= 11 is 0. The van der Waals surface area contributed by atoms with Crippen molar-refractivity contribution in [3.05, 3.63) is 23.3 Å². The molecule has 1 aromatic carbocycles. The molecular formula is C26H37NO4. The molecule has 2 heterocycles. The number of ether oxygens (including phenoxy) is 3. The van der Waals surface area contributed by atoms with Gasteiger partial charge in [0.15, 0.2) is 11.5 Å². The largest absolute Gasteiger partial charge is 0.493 e. The van der Waals surface area contributed by atoms with Gasteiger partial charge in [-0.15, -0.1) is 0 Å². The predicted molar refractivity (Wildman–Crippen MR) is 119 cm³/mol. The van der Waals surface area contributed by atoms with Crippen LogP contribution in [0.15, 0.2) is 12.1 Å². The highest BCUT2D eigenvalue weighted by Gasteiger charge is 2.81. The van der Waals surface area contributed by atoms with Gasteiger partial charge in [-0.25, -0.2) is 0 Å². The topological polar surface area (TPSA) is 60.0 Å². The highest BCUT2D eigenvalue weighted by Crippen LogP contribution is 2.77. The minimum atomic E-state index is -0.880. The summed E-state index contributed by atoms with van der Waals surface area (Å²) in [6, 6.07) is 4.73. The van der Waals surface area contributed by atoms with Crippen LogP contribution in [-0.2, 0) is 16.6 Å². The van der Waals surface area contributed by atoms with Crippen LogP contribution in [0, 0.1) is 16.7 Å². The molecular weight excluding hydrogens is 390 g/mol. The molecule has 5 heteroatoms. The molecule has 2 aliphatic heterocycles. The number of hydrogen-bond donors (Lipinski definition) is 2. The van der Waals surface area contributed by atoms with Crippen molar-refractivity contribution in [1.82, 2.24) is 5.32 Å². The van der Waals surface area contributed by atoms with Crippen molar-refractivity contribution in [2.45, 2.75) is 88.6 Å². The molecule has 7 atom stereocenters. The summed E-state index contributed by atoms with van der Waals surface area (Å²) in [6.07, 6.45) is 4.99. The van der Waals surface area contributed by atoms with Gasteiger partial charge in [0.2, 0.25) is 0 Å². The molecule has 2 spiro atoms. The molecule has 1 unspecified atom stereocenters. The highest BCUT2D eigenvalue weighted by atomic mass is 16.6. The van der Waals surface area contributed by atoms with Gasteiger partial charge in [-0.05, 0) is 62.6 Å². The molecule has 0 aromatic heterocycles. The Morgan fingerprint density at radius 1 is 1.13 bits per heavy atom. The van der Waals surface area contributed by atoms with Gasteiger partial charge >= 0.3 is 0 Å². The van der Waals surface area contributed by atoms with E-state index in [1.807, 2.05) is 14.0 Å². The number of benzene rings is 1. The van der Waals surface area contributed by atoms with Crippen LogP contribution in [0.1, 0.15) is 64.5 Å². The molecule has 4 bridgehead atoms. The Morgan fingerprint density at radius 3 is 2.58 bits per heavy atom. The molecule has 170 valence electrons. The lowest BCUT2D eigenvalue weighted by Crippen LogP contribution is -2.83. The molecule has 4 fully saturated rings. The Morgan fingerprint density at radius 2 is 1.90 bits per heavy atom. The van der Waals surface area contributed by atoms with E-state index in [1.165, 1.54) is 11.1 Å². The van der Waals surface area contributed by atoms with Crippen LogP contribution in [-0.4, -0.2) is 49.2 Å². The molecule has 6 aliphatic rings. The van der Waals surface area contributed by atoms with Gasteiger partial charge in [0, 0.05) is 35.5 Å². The van der Waals surface area contributed by atoms with Gasteiger partial charge in [0.1, 0.15) is 11.7 Å². The van der Waals surface area contributed by atoms with Crippen LogP contribution < -0.4 is 14.8 Å². The number of piperidine rings is 1. The average Bonchev–Trinajstić information content (AvgIpc) is 3.09. The Balaban J connectivity index is 1.64. The first-order chi connectivity index (χ1) is 14.6. The van der Waals surface area contributed by atoms with Gasteiger partial charge in [-0.1, -0.05) is 26.8 Å². The zero-order valence-electron chi connectivity index (χ0n) is 19.8. The number of rotatable bonds is 3. The second-order valence-electron chi connectivity index (χ2n) is 12.0. The van der Waals surface area contributed by atoms with Crippen LogP contribution in [0.5, 0.6) is 11.5 Å². The third kappa shape index (κ3) is 1.98. The lowest BCUT2D eigenvalue weighted by atomic mass is 9.33. The molecule has 1 aromatic rings. The SMILES string of the molecule is COc1ccc2c3c1O[C@H]1[C@]4(OC)CCC5(C[C@@H]4[C@](C)(O)C(C)(C)C)[C@@H](C2)NCC[C@]315. The number of fused-ring (bicyclic) bond motifs is 2. The minimum absolute atomic E-state index is 0.00105. The average molecular weight is 428 g/mol. The molecule has 0 radical (unpaired) electrons. The molecule has 1 saturated heterocycles. The summed E-state index contributed by atoms with van der Waals surface area (Å²) in [5.74, 6) is 1.77. The van der Waals surface area contributed by atoms with Gasteiger partial charge in [-0.2, -0.15) is 0 Å². The Hall–Kier alpha value is -1.30. The van der Waals surface area contributed by atoms with E-state index < -0.39 is 11.2 Å². The van der Waals surface area contributed by atoms with Crippen molar-refractivity contribution >= 4 is 0 Å². The van der Waals surface area contributed by atoms with Crippen molar-refractivity contribution in [2.24, 2.45) is 16.7 Å². The van der Waals surface area contributed by atoms with Crippen LogP contribution in [0.2, 0.25) is 0 Å². The highest BCUT2D eigenvalue weighted by molar-refractivity contribution is 5.63. The molecule has 3 saturated carbocycles. The quantitative estimate of drug-likeness (QED) is 0.772. The Labute approximate surface area is 185 Å². The fourth-order valence-corrected chi connectivity index (χ4v) is 8.68. The Bertz CT molecular complexity index is 951. The maximum atomic E-state index is 12.0. The second kappa shape index (κ2) is 5.78. The summed E-state index contributed by atoms with van der Waals surface area (Å²) in [6.45, 7) is 9.48. The van der Waals surface area contributed by atoms with Crippen LogP contribution in [0.3, 0.4) is 0 Å². The van der Waals surface area contributed by atoms with Crippen LogP contribution in [0.25, 0.3) is 0 Å². The van der Waals surface area contributed by atoms with Crippen LogP contribution in [0.4, 0.5) is 0 Å². The maximum Gasteiger partial charge on any atom is 0.165 e. The van der Waals surface area contributed by atoms with E-state index in [0.717, 1.165) is 50.1 Å². The number of methoxy groups -OCH3 is 2. The summed E-state index contributed by atoms with van der Waals surface area (Å²) in [4.78, 5) is 0. The van der Waals surface area contributed by atoms with Gasteiger partial charge in [-0.3, -0.25) is 0 Å². The van der Waals surface area contributed by atoms with Gasteiger partial charge < -0.3 is 24.6 Å². The molecule has 2 N–H and O–H groups in total. The van der Waals surface area contributed by atoms with Crippen molar-refractivity contribution in [2.75, 3.05) is 20.8 Å². The van der Waals surface area contributed by atoms with Crippen molar-refractivity contribution in [3.63, 3.8) is 0 Å². The van der Waals surface area contributed by atoms with E-state index >= 15 is 0 Å². The number of nitrogens with one attached hydrogen (secondary N) is 1. The zero-order chi connectivity index (χ0) is 22.0. The monoisotopic (exact) mass is 427 g/mol. The van der Waals surface area contributed by atoms with E-state index in [-0.39, 0.29) is 28.3 Å². The summed E-state index contributed by atoms with van der Waals surface area (Å²) < 4.78 is 19.3. The molecule has 0 amide bonds. The number of hydrogen-bond acceptors (Lipinski definition) is 5. The van der Waals surface area contributed by atoms with E-state index in [2.05, 4.69) is 38.2 Å². The first-order valence-electron chi connectivity index (χ1n) is 12.0. The van der Waals surface area contributed by atoms with Gasteiger partial charge in [0.05, 0.1) is 12.7 Å². The summed E-state index contributed by atoms with van der Waals surface area (Å²) in [5, 5.41) is 15.9. The molecule has 7 rings (SSSR count). The fourth-order valence-electron chi connectivity index (χ4n) is 8.68. The lowest BCUT2D eigenvalue weighted by Gasteiger charge is -2.74. The normalized spacial score (nSPS) is 43.8. The van der Waals surface area contributed by atoms with Crippen molar-refractivity contribution in [1.29, 1.82) is 0 Å². The van der Waals surface area contributed by atoms with E-state index in [1.54, 1.807) is 7.11 Å². The fraction of sp³-hybridized carbons (Fsp3) is 0.769. The van der Waals surface area contributed by atoms with E-state index in [9.17, 15) is 5.11 Å². The summed E-state index contributed by atoms with van der Waals surface area (Å²) in [7, 11) is 3.57. The second-order valence-corrected chi connectivity index (χ2v) is 12.0. The molecule has 31 heavy (non-hydrogen) atoms. The smallest absolute Gasteiger partial charge is 0.165 e. The van der Waals surface area contributed by atoms with Crippen molar-refractivity contribution < 1.29 is 19.3 Å². The first kappa shape index (κ1) is 20.3. The summed E-state index contributed by atoms with van der Waals surface area (Å²) in [5.41, 5.74) is 1.13. The predicted octanol–water partition coefficient (Wildman–Crippen LogP) is 3.59. The minimum Gasteiger partial charge on any atom is -0.493 e. The number of aliphatic hydroxyl groups is 1. The lowest BCUT2D eigenvalue weighted by molar-refractivity contribution is -0.303. The maximum absolute atomic E-state index is 12.0. The third-order valence-electron chi connectivity index (χ3n) is 10.6. The van der Waals surface area contributed by atoms with Crippen molar-refractivity contribution in [3.8, 4) is 11.5 Å². The zero-order valence-corrected chi connectivity index (χ0v) is 19.8. The first-order valence-corrected chi connectivity index (χ1v) is 12.0. The van der Waals surface area contributed by atoms with E-state index in [4.69, 9.17) is 14.2 Å². The van der Waals surface area contributed by atoms with Crippen LogP contribution >= 0.6 is 0 Å². The standard InChI is InChI=1S/C26H37NO4/c1-22(2,3)23(4,28)17-14-24-9-10-26(17,30-6)21-25(24)11-12-27-18(24)13-15-7-8-16(29-5)20(31-21)19(15)25/h7-8,17-18,21,27-28H,9-14H2,1-6H3/t17-,18-,21-,23+,24?,25+,26+/m1/s1.